The molecule has 0 unspecified atom stereocenters. The molecular formula is C16H19N3O3. The van der Waals surface area contributed by atoms with Crippen LogP contribution in [0.25, 0.3) is 0 Å². The predicted molar refractivity (Wildman–Crippen MR) is 84.4 cm³/mol. The smallest absolute Gasteiger partial charge is 0.317 e. The molecule has 0 fully saturated rings. The highest BCUT2D eigenvalue weighted by Gasteiger charge is 2.14. The summed E-state index contributed by atoms with van der Waals surface area (Å²) in [4.78, 5) is 29.5. The molecule has 0 saturated carbocycles. The van der Waals surface area contributed by atoms with E-state index in [0.29, 0.717) is 5.56 Å². The molecule has 0 spiro atoms. The summed E-state index contributed by atoms with van der Waals surface area (Å²) >= 11 is 0. The van der Waals surface area contributed by atoms with Crippen LogP contribution in [-0.4, -0.2) is 22.7 Å². The molecule has 2 amide bonds. The Labute approximate surface area is 128 Å². The first kappa shape index (κ1) is 15.8. The third kappa shape index (κ3) is 3.73. The minimum Gasteiger partial charge on any atom is -0.317 e. The molecule has 0 aliphatic rings. The zero-order valence-corrected chi connectivity index (χ0v) is 12.9. The van der Waals surface area contributed by atoms with Crippen molar-refractivity contribution in [3.05, 3.63) is 64.1 Å². The van der Waals surface area contributed by atoms with Crippen molar-refractivity contribution < 1.29 is 9.63 Å². The van der Waals surface area contributed by atoms with E-state index in [1.165, 1.54) is 11.6 Å². The maximum absolute atomic E-state index is 12.1. The molecule has 1 aromatic heterocycles. The Morgan fingerprint density at radius 3 is 2.64 bits per heavy atom. The van der Waals surface area contributed by atoms with E-state index >= 15 is 0 Å². The van der Waals surface area contributed by atoms with Crippen molar-refractivity contribution in [2.24, 2.45) is 7.05 Å². The van der Waals surface area contributed by atoms with E-state index in [1.54, 1.807) is 26.2 Å². The fourth-order valence-electron chi connectivity index (χ4n) is 1.86. The molecule has 2 rings (SSSR count). The summed E-state index contributed by atoms with van der Waals surface area (Å²) in [5.74, 6) is 0. The number of carbonyl (C=O) groups is 1. The number of amides is 2. The molecule has 1 aromatic carbocycles. The summed E-state index contributed by atoms with van der Waals surface area (Å²) in [6.45, 7) is 2.04. The van der Waals surface area contributed by atoms with E-state index < -0.39 is 6.03 Å². The first-order valence-electron chi connectivity index (χ1n) is 6.87. The van der Waals surface area contributed by atoms with Crippen LogP contribution in [0, 0.1) is 6.92 Å². The van der Waals surface area contributed by atoms with Crippen molar-refractivity contribution >= 4 is 11.7 Å². The Bertz CT molecular complexity index is 710. The lowest BCUT2D eigenvalue weighted by atomic mass is 10.2. The van der Waals surface area contributed by atoms with Crippen LogP contribution in [0.4, 0.5) is 10.5 Å². The number of carbonyl (C=O) groups excluding carboxylic acids is 1. The van der Waals surface area contributed by atoms with Crippen LogP contribution in [0.5, 0.6) is 0 Å². The fraction of sp³-hybridized carbons (Fsp3) is 0.250. The van der Waals surface area contributed by atoms with Crippen LogP contribution in [0.3, 0.4) is 0 Å². The van der Waals surface area contributed by atoms with Gasteiger partial charge in [-0.05, 0) is 24.1 Å². The Morgan fingerprint density at radius 2 is 1.95 bits per heavy atom. The molecule has 6 heteroatoms. The van der Waals surface area contributed by atoms with Crippen LogP contribution in [0.15, 0.2) is 47.4 Å². The zero-order valence-electron chi connectivity index (χ0n) is 12.9. The summed E-state index contributed by atoms with van der Waals surface area (Å²) in [6, 6.07) is 10.8. The lowest BCUT2D eigenvalue weighted by Gasteiger charge is -2.18. The number of benzene rings is 1. The molecular weight excluding hydrogens is 282 g/mol. The van der Waals surface area contributed by atoms with E-state index in [4.69, 9.17) is 4.84 Å². The number of pyridine rings is 1. The number of hydrogen-bond donors (Lipinski definition) is 1. The summed E-state index contributed by atoms with van der Waals surface area (Å²) in [5.41, 5.74) is 1.65. The Hall–Kier alpha value is -2.60. The van der Waals surface area contributed by atoms with Crippen molar-refractivity contribution in [3.8, 4) is 0 Å². The van der Waals surface area contributed by atoms with Crippen molar-refractivity contribution in [3.63, 3.8) is 0 Å². The van der Waals surface area contributed by atoms with E-state index in [9.17, 15) is 9.59 Å². The molecule has 22 heavy (non-hydrogen) atoms. The van der Waals surface area contributed by atoms with Crippen molar-refractivity contribution in [1.82, 2.24) is 9.63 Å². The molecule has 0 atom stereocenters. The SMILES string of the molecule is Cc1ccn(C)c(=O)c1NC(=O)N(C)OCc1ccccc1. The summed E-state index contributed by atoms with van der Waals surface area (Å²) in [7, 11) is 3.13. The van der Waals surface area contributed by atoms with Crippen molar-refractivity contribution in [2.75, 3.05) is 12.4 Å². The molecule has 2 aromatic rings. The Kier molecular flexibility index (Phi) is 4.95. The Balaban J connectivity index is 2.00. The van der Waals surface area contributed by atoms with Gasteiger partial charge in [0.2, 0.25) is 0 Å². The molecule has 0 bridgehead atoms. The second kappa shape index (κ2) is 6.91. The summed E-state index contributed by atoms with van der Waals surface area (Å²) < 4.78 is 1.41. The van der Waals surface area contributed by atoms with Crippen LogP contribution < -0.4 is 10.9 Å². The number of aromatic nitrogens is 1. The fourth-order valence-corrected chi connectivity index (χ4v) is 1.86. The van der Waals surface area contributed by atoms with Gasteiger partial charge in [0.05, 0.1) is 0 Å². The van der Waals surface area contributed by atoms with E-state index in [2.05, 4.69) is 5.32 Å². The van der Waals surface area contributed by atoms with Gasteiger partial charge in [0.25, 0.3) is 5.56 Å². The normalized spacial score (nSPS) is 10.3. The first-order chi connectivity index (χ1) is 10.5. The second-order valence-corrected chi connectivity index (χ2v) is 4.98. The standard InChI is InChI=1S/C16H19N3O3/c1-12-9-10-18(2)15(20)14(12)17-16(21)19(3)22-11-13-7-5-4-6-8-13/h4-10H,11H2,1-3H3,(H,17,21). The molecule has 1 N–H and O–H groups in total. The van der Waals surface area contributed by atoms with Crippen LogP contribution in [0.1, 0.15) is 11.1 Å². The topological polar surface area (TPSA) is 63.6 Å². The summed E-state index contributed by atoms with van der Waals surface area (Å²) in [6.07, 6.45) is 1.66. The van der Waals surface area contributed by atoms with Gasteiger partial charge < -0.3 is 9.88 Å². The highest BCUT2D eigenvalue weighted by Crippen LogP contribution is 2.09. The molecule has 0 radical (unpaired) electrons. The monoisotopic (exact) mass is 301 g/mol. The lowest BCUT2D eigenvalue weighted by molar-refractivity contribution is -0.105. The molecule has 1 heterocycles. The molecule has 116 valence electrons. The number of urea groups is 1. The Morgan fingerprint density at radius 1 is 1.27 bits per heavy atom. The van der Waals surface area contributed by atoms with Gasteiger partial charge in [-0.25, -0.2) is 9.86 Å². The zero-order chi connectivity index (χ0) is 16.1. The maximum atomic E-state index is 12.1. The number of nitrogens with zero attached hydrogens (tertiary/aromatic N) is 2. The van der Waals surface area contributed by atoms with E-state index in [1.807, 2.05) is 30.3 Å². The minimum absolute atomic E-state index is 0.255. The van der Waals surface area contributed by atoms with Gasteiger partial charge >= 0.3 is 6.03 Å². The number of hydroxylamine groups is 2. The number of rotatable bonds is 4. The molecule has 0 aliphatic carbocycles. The largest absolute Gasteiger partial charge is 0.345 e. The van der Waals surface area contributed by atoms with Crippen LogP contribution in [-0.2, 0) is 18.5 Å². The van der Waals surface area contributed by atoms with Crippen molar-refractivity contribution in [1.29, 1.82) is 0 Å². The average molecular weight is 301 g/mol. The van der Waals surface area contributed by atoms with Gasteiger partial charge in [-0.3, -0.25) is 9.63 Å². The van der Waals surface area contributed by atoms with Gasteiger partial charge in [-0.2, -0.15) is 0 Å². The highest BCUT2D eigenvalue weighted by molar-refractivity contribution is 5.88. The number of nitrogens with one attached hydrogen (secondary N) is 1. The van der Waals surface area contributed by atoms with Crippen LogP contribution in [0.2, 0.25) is 0 Å². The van der Waals surface area contributed by atoms with Gasteiger partial charge in [0.15, 0.2) is 0 Å². The van der Waals surface area contributed by atoms with Gasteiger partial charge in [-0.15, -0.1) is 0 Å². The van der Waals surface area contributed by atoms with E-state index in [-0.39, 0.29) is 17.9 Å². The molecule has 6 nitrogen and oxygen atoms in total. The van der Waals surface area contributed by atoms with Gasteiger partial charge in [-0.1, -0.05) is 30.3 Å². The number of hydrogen-bond acceptors (Lipinski definition) is 3. The quantitative estimate of drug-likeness (QED) is 0.881. The average Bonchev–Trinajstić information content (AvgIpc) is 2.53. The molecule has 0 saturated heterocycles. The van der Waals surface area contributed by atoms with Crippen molar-refractivity contribution in [2.45, 2.75) is 13.5 Å². The first-order valence-corrected chi connectivity index (χ1v) is 6.87. The summed E-state index contributed by atoms with van der Waals surface area (Å²) in [5, 5.41) is 3.67. The minimum atomic E-state index is -0.498. The van der Waals surface area contributed by atoms with Gasteiger partial charge in [0.1, 0.15) is 12.3 Å². The third-order valence-electron chi connectivity index (χ3n) is 3.26. The predicted octanol–water partition coefficient (Wildman–Crippen LogP) is 2.29. The number of anilines is 1. The lowest BCUT2D eigenvalue weighted by Crippen LogP contribution is -2.34. The van der Waals surface area contributed by atoms with E-state index in [0.717, 1.165) is 10.6 Å². The number of aryl methyl sites for hydroxylation is 2. The second-order valence-electron chi connectivity index (χ2n) is 4.98. The van der Waals surface area contributed by atoms with Gasteiger partial charge in [0, 0.05) is 20.3 Å². The third-order valence-corrected chi connectivity index (χ3v) is 3.26. The highest BCUT2D eigenvalue weighted by atomic mass is 16.7. The maximum Gasteiger partial charge on any atom is 0.345 e. The van der Waals surface area contributed by atoms with Crippen LogP contribution >= 0.6 is 0 Å². The molecule has 0 aliphatic heterocycles.